The summed E-state index contributed by atoms with van der Waals surface area (Å²) < 4.78 is 1.60. The van der Waals surface area contributed by atoms with Crippen LogP contribution >= 0.6 is 0 Å². The molecule has 1 saturated carbocycles. The Morgan fingerprint density at radius 3 is 2.88 bits per heavy atom. The third kappa shape index (κ3) is 1.84. The number of aromatic nitrogens is 4. The lowest BCUT2D eigenvalue weighted by molar-refractivity contribution is 0.111. The molecule has 1 fully saturated rings. The highest BCUT2D eigenvalue weighted by Crippen LogP contribution is 2.34. The zero-order valence-electron chi connectivity index (χ0n) is 9.28. The van der Waals surface area contributed by atoms with Crippen LogP contribution in [0.25, 0.3) is 5.82 Å². The molecule has 2 heterocycles. The van der Waals surface area contributed by atoms with Gasteiger partial charge < -0.3 is 0 Å². The summed E-state index contributed by atoms with van der Waals surface area (Å²) >= 11 is 0. The van der Waals surface area contributed by atoms with E-state index in [1.165, 1.54) is 19.3 Å². The van der Waals surface area contributed by atoms with E-state index in [2.05, 4.69) is 15.1 Å². The van der Waals surface area contributed by atoms with Crippen molar-refractivity contribution in [2.24, 2.45) is 0 Å². The average molecular weight is 228 g/mol. The van der Waals surface area contributed by atoms with Gasteiger partial charge in [0, 0.05) is 24.4 Å². The lowest BCUT2D eigenvalue weighted by atomic mass is 9.85. The predicted molar refractivity (Wildman–Crippen MR) is 61.1 cm³/mol. The normalized spacial score (nSPS) is 15.5. The summed E-state index contributed by atoms with van der Waals surface area (Å²) in [5.41, 5.74) is 0.411. The Kier molecular flexibility index (Phi) is 2.44. The zero-order chi connectivity index (χ0) is 11.7. The van der Waals surface area contributed by atoms with Crippen LogP contribution in [0.3, 0.4) is 0 Å². The van der Waals surface area contributed by atoms with Crippen LogP contribution in [-0.2, 0) is 0 Å². The molecule has 17 heavy (non-hydrogen) atoms. The Labute approximate surface area is 98.5 Å². The molecule has 0 atom stereocenters. The van der Waals surface area contributed by atoms with E-state index >= 15 is 0 Å². The number of nitrogens with zero attached hydrogens (tertiary/aromatic N) is 4. The topological polar surface area (TPSA) is 60.7 Å². The third-order valence-electron chi connectivity index (χ3n) is 3.10. The monoisotopic (exact) mass is 228 g/mol. The van der Waals surface area contributed by atoms with Crippen molar-refractivity contribution in [1.82, 2.24) is 19.7 Å². The van der Waals surface area contributed by atoms with Crippen molar-refractivity contribution < 1.29 is 4.79 Å². The molecule has 0 radical (unpaired) electrons. The molecule has 3 rings (SSSR count). The second-order valence-corrected chi connectivity index (χ2v) is 4.20. The second-order valence-electron chi connectivity index (χ2n) is 4.20. The molecule has 0 amide bonds. The quantitative estimate of drug-likeness (QED) is 0.751. The van der Waals surface area contributed by atoms with Crippen LogP contribution in [0.5, 0.6) is 0 Å². The lowest BCUT2D eigenvalue weighted by Gasteiger charge is -2.23. The van der Waals surface area contributed by atoms with E-state index in [4.69, 9.17) is 0 Å². The number of carbonyl (C=O) groups excluding carboxylic acids is 1. The van der Waals surface area contributed by atoms with E-state index < -0.39 is 0 Å². The first-order valence-electron chi connectivity index (χ1n) is 5.71. The Hall–Kier alpha value is -2.04. The van der Waals surface area contributed by atoms with Crippen molar-refractivity contribution in [2.75, 3.05) is 0 Å². The van der Waals surface area contributed by atoms with Gasteiger partial charge in [-0.2, -0.15) is 5.10 Å². The molecule has 0 N–H and O–H groups in total. The Bertz CT molecular complexity index is 545. The van der Waals surface area contributed by atoms with Gasteiger partial charge in [-0.1, -0.05) is 6.42 Å². The Morgan fingerprint density at radius 2 is 2.24 bits per heavy atom. The van der Waals surface area contributed by atoms with Crippen LogP contribution in [0.1, 0.15) is 41.5 Å². The molecule has 0 aromatic carbocycles. The molecule has 1 aliphatic carbocycles. The molecular formula is C12H12N4O. The molecule has 0 spiro atoms. The zero-order valence-corrected chi connectivity index (χ0v) is 9.28. The van der Waals surface area contributed by atoms with Crippen molar-refractivity contribution in [3.05, 3.63) is 36.0 Å². The number of hydrogen-bond donors (Lipinski definition) is 0. The van der Waals surface area contributed by atoms with Gasteiger partial charge in [-0.3, -0.25) is 4.79 Å². The summed E-state index contributed by atoms with van der Waals surface area (Å²) in [4.78, 5) is 19.4. The van der Waals surface area contributed by atoms with E-state index in [9.17, 15) is 4.79 Å². The molecule has 0 saturated heterocycles. The van der Waals surface area contributed by atoms with Gasteiger partial charge in [-0.15, -0.1) is 0 Å². The molecule has 0 aliphatic heterocycles. The predicted octanol–water partition coefficient (Wildman–Crippen LogP) is 1.74. The van der Waals surface area contributed by atoms with E-state index in [0.717, 1.165) is 17.9 Å². The largest absolute Gasteiger partial charge is 0.296 e. The van der Waals surface area contributed by atoms with Gasteiger partial charge in [-0.05, 0) is 18.9 Å². The smallest absolute Gasteiger partial charge is 0.170 e. The molecule has 5 nitrogen and oxygen atoms in total. The minimum atomic E-state index is 0.411. The number of rotatable bonds is 3. The highest BCUT2D eigenvalue weighted by molar-refractivity contribution is 5.71. The van der Waals surface area contributed by atoms with Crippen molar-refractivity contribution in [2.45, 2.75) is 25.2 Å². The SMILES string of the molecule is O=Cc1ccn(-c2ccnc(C3CCC3)n2)n1. The summed E-state index contributed by atoms with van der Waals surface area (Å²) in [5, 5.41) is 4.10. The van der Waals surface area contributed by atoms with E-state index in [1.807, 2.05) is 0 Å². The number of aldehydes is 1. The maximum Gasteiger partial charge on any atom is 0.170 e. The minimum Gasteiger partial charge on any atom is -0.296 e. The van der Waals surface area contributed by atoms with Gasteiger partial charge in [-0.25, -0.2) is 14.6 Å². The molecule has 0 bridgehead atoms. The van der Waals surface area contributed by atoms with Crippen molar-refractivity contribution in [3.8, 4) is 5.82 Å². The van der Waals surface area contributed by atoms with Crippen LogP contribution in [0.15, 0.2) is 24.5 Å². The first-order chi connectivity index (χ1) is 8.36. The Morgan fingerprint density at radius 1 is 1.35 bits per heavy atom. The van der Waals surface area contributed by atoms with E-state index in [1.54, 1.807) is 29.2 Å². The van der Waals surface area contributed by atoms with Gasteiger partial charge in [0.1, 0.15) is 11.5 Å². The van der Waals surface area contributed by atoms with Crippen LogP contribution in [-0.4, -0.2) is 26.0 Å². The summed E-state index contributed by atoms with van der Waals surface area (Å²) in [5.74, 6) is 2.10. The molecule has 2 aromatic heterocycles. The Balaban J connectivity index is 1.93. The third-order valence-corrected chi connectivity index (χ3v) is 3.10. The standard InChI is InChI=1S/C12H12N4O/c17-8-10-5-7-16(15-10)11-4-6-13-12(14-11)9-2-1-3-9/h4-9H,1-3H2. The van der Waals surface area contributed by atoms with Gasteiger partial charge in [0.05, 0.1) is 0 Å². The van der Waals surface area contributed by atoms with Crippen LogP contribution in [0, 0.1) is 0 Å². The lowest BCUT2D eigenvalue weighted by Crippen LogP contribution is -2.14. The highest BCUT2D eigenvalue weighted by Gasteiger charge is 2.22. The fourth-order valence-corrected chi connectivity index (χ4v) is 1.88. The first-order valence-corrected chi connectivity index (χ1v) is 5.71. The van der Waals surface area contributed by atoms with Crippen molar-refractivity contribution in [3.63, 3.8) is 0 Å². The summed E-state index contributed by atoms with van der Waals surface area (Å²) in [6, 6.07) is 3.46. The minimum absolute atomic E-state index is 0.411. The average Bonchev–Trinajstić information content (AvgIpc) is 2.75. The van der Waals surface area contributed by atoms with E-state index in [-0.39, 0.29) is 0 Å². The number of hydrogen-bond acceptors (Lipinski definition) is 4. The maximum absolute atomic E-state index is 10.6. The molecule has 2 aromatic rings. The summed E-state index contributed by atoms with van der Waals surface area (Å²) in [6.07, 6.45) is 7.80. The molecular weight excluding hydrogens is 216 g/mol. The van der Waals surface area contributed by atoms with Crippen LogP contribution in [0.2, 0.25) is 0 Å². The van der Waals surface area contributed by atoms with Crippen molar-refractivity contribution in [1.29, 1.82) is 0 Å². The molecule has 0 unspecified atom stereocenters. The molecule has 5 heteroatoms. The molecule has 1 aliphatic rings. The fourth-order valence-electron chi connectivity index (χ4n) is 1.88. The van der Waals surface area contributed by atoms with Gasteiger partial charge in [0.15, 0.2) is 12.1 Å². The van der Waals surface area contributed by atoms with Crippen LogP contribution < -0.4 is 0 Å². The van der Waals surface area contributed by atoms with Crippen LogP contribution in [0.4, 0.5) is 0 Å². The molecule has 86 valence electrons. The summed E-state index contributed by atoms with van der Waals surface area (Å²) in [7, 11) is 0. The van der Waals surface area contributed by atoms with Crippen molar-refractivity contribution >= 4 is 6.29 Å². The first kappa shape index (κ1) is 10.1. The highest BCUT2D eigenvalue weighted by atomic mass is 16.1. The van der Waals surface area contributed by atoms with Gasteiger partial charge >= 0.3 is 0 Å². The second kappa shape index (κ2) is 4.08. The van der Waals surface area contributed by atoms with E-state index in [0.29, 0.717) is 11.6 Å². The fraction of sp³-hybridized carbons (Fsp3) is 0.333. The number of carbonyl (C=O) groups is 1. The summed E-state index contributed by atoms with van der Waals surface area (Å²) in [6.45, 7) is 0. The van der Waals surface area contributed by atoms with Gasteiger partial charge in [0.2, 0.25) is 0 Å². The maximum atomic E-state index is 10.6. The van der Waals surface area contributed by atoms with Gasteiger partial charge in [0.25, 0.3) is 0 Å².